The van der Waals surface area contributed by atoms with E-state index in [4.69, 9.17) is 16.3 Å². The number of pyridine rings is 1. The van der Waals surface area contributed by atoms with Gasteiger partial charge in [0.1, 0.15) is 23.0 Å². The molecule has 0 bridgehead atoms. The highest BCUT2D eigenvalue weighted by Crippen LogP contribution is 2.36. The molecule has 3 rings (SSSR count). The highest BCUT2D eigenvalue weighted by molar-refractivity contribution is 6.31. The van der Waals surface area contributed by atoms with Crippen LogP contribution in [0.2, 0.25) is 5.02 Å². The van der Waals surface area contributed by atoms with Gasteiger partial charge in [0.05, 0.1) is 16.3 Å². The van der Waals surface area contributed by atoms with E-state index in [1.165, 1.54) is 37.5 Å². The Morgan fingerprint density at radius 3 is 2.32 bits per heavy atom. The van der Waals surface area contributed by atoms with Crippen LogP contribution in [0.25, 0.3) is 0 Å². The largest absolute Gasteiger partial charge is 0.457 e. The van der Waals surface area contributed by atoms with Crippen LogP contribution in [0, 0.1) is 5.82 Å². The van der Waals surface area contributed by atoms with Gasteiger partial charge in [0.2, 0.25) is 0 Å². The molecule has 0 radical (unpaired) electrons. The fourth-order valence-electron chi connectivity index (χ4n) is 2.63. The number of amides is 3. The van der Waals surface area contributed by atoms with Crippen molar-refractivity contribution in [2.24, 2.45) is 0 Å². The lowest BCUT2D eigenvalue weighted by molar-refractivity contribution is -0.137. The molecule has 3 amide bonds. The standard InChI is InChI=1S/C21H15ClF4N4O3.H2O/c1-27-19(31)18-10-13(6-7-28-18)33-12-3-5-17(16(23)9-12)30-20(32)29-11-2-4-14(15(22)8-11)21(24,25)26;/h2-10H,1H3,(H,27,31)(H2,29,30,32);1H2. The molecule has 1 aromatic heterocycles. The molecule has 3 aromatic rings. The van der Waals surface area contributed by atoms with Crippen molar-refractivity contribution in [3.8, 4) is 11.5 Å². The van der Waals surface area contributed by atoms with Crippen molar-refractivity contribution in [1.82, 2.24) is 10.3 Å². The van der Waals surface area contributed by atoms with Gasteiger partial charge >= 0.3 is 12.2 Å². The number of halogens is 5. The van der Waals surface area contributed by atoms with Gasteiger partial charge < -0.3 is 26.2 Å². The van der Waals surface area contributed by atoms with E-state index < -0.39 is 34.5 Å². The summed E-state index contributed by atoms with van der Waals surface area (Å²) < 4.78 is 58.2. The second kappa shape index (κ2) is 10.8. The first-order chi connectivity index (χ1) is 15.6. The van der Waals surface area contributed by atoms with Crippen molar-refractivity contribution in [3.63, 3.8) is 0 Å². The fraction of sp³-hybridized carbons (Fsp3) is 0.0952. The minimum atomic E-state index is -4.63. The molecule has 0 spiro atoms. The molecular weight excluding hydrogens is 484 g/mol. The van der Waals surface area contributed by atoms with Crippen LogP contribution >= 0.6 is 11.6 Å². The second-order valence-electron chi connectivity index (χ2n) is 6.47. The third-order valence-electron chi connectivity index (χ3n) is 4.15. The number of nitrogens with one attached hydrogen (secondary N) is 3. The average Bonchev–Trinajstić information content (AvgIpc) is 2.74. The van der Waals surface area contributed by atoms with Crippen LogP contribution in [-0.2, 0) is 6.18 Å². The molecule has 0 aliphatic heterocycles. The SMILES string of the molecule is CNC(=O)c1cc(Oc2ccc(NC(=O)Nc3ccc(C(F)(F)F)c(Cl)c3)c(F)c2)ccn1.O. The first-order valence-corrected chi connectivity index (χ1v) is 9.55. The van der Waals surface area contributed by atoms with Crippen molar-refractivity contribution >= 4 is 34.9 Å². The number of urea groups is 1. The molecule has 1 heterocycles. The van der Waals surface area contributed by atoms with Gasteiger partial charge in [0.25, 0.3) is 5.91 Å². The molecule has 180 valence electrons. The van der Waals surface area contributed by atoms with Gasteiger partial charge in [-0.1, -0.05) is 11.6 Å². The van der Waals surface area contributed by atoms with Gasteiger partial charge in [-0.15, -0.1) is 0 Å². The van der Waals surface area contributed by atoms with Crippen LogP contribution in [0.4, 0.5) is 33.7 Å². The maximum atomic E-state index is 14.4. The summed E-state index contributed by atoms with van der Waals surface area (Å²) in [6.45, 7) is 0. The van der Waals surface area contributed by atoms with E-state index in [9.17, 15) is 27.2 Å². The average molecular weight is 501 g/mol. The number of aromatic nitrogens is 1. The van der Waals surface area contributed by atoms with Crippen LogP contribution in [0.1, 0.15) is 16.1 Å². The van der Waals surface area contributed by atoms with Crippen LogP contribution in [0.15, 0.2) is 54.7 Å². The molecule has 13 heteroatoms. The van der Waals surface area contributed by atoms with Gasteiger partial charge in [-0.3, -0.25) is 9.78 Å². The predicted molar refractivity (Wildman–Crippen MR) is 117 cm³/mol. The number of carbonyl (C=O) groups excluding carboxylic acids is 2. The van der Waals surface area contributed by atoms with Gasteiger partial charge in [-0.05, 0) is 36.4 Å². The molecule has 0 saturated heterocycles. The highest BCUT2D eigenvalue weighted by atomic mass is 35.5. The van der Waals surface area contributed by atoms with E-state index in [1.807, 2.05) is 0 Å². The summed E-state index contributed by atoms with van der Waals surface area (Å²) in [5.74, 6) is -0.942. The summed E-state index contributed by atoms with van der Waals surface area (Å²) in [4.78, 5) is 27.6. The predicted octanol–water partition coefficient (Wildman–Crippen LogP) is 4.86. The Bertz CT molecular complexity index is 1210. The minimum Gasteiger partial charge on any atom is -0.457 e. The number of alkyl halides is 3. The molecule has 0 aliphatic carbocycles. The van der Waals surface area contributed by atoms with Crippen LogP contribution in [0.5, 0.6) is 11.5 Å². The Balaban J connectivity index is 0.00000408. The van der Waals surface area contributed by atoms with E-state index in [0.717, 1.165) is 24.3 Å². The normalized spacial score (nSPS) is 10.6. The summed E-state index contributed by atoms with van der Waals surface area (Å²) in [5, 5.41) is 6.33. The monoisotopic (exact) mass is 500 g/mol. The molecule has 0 fully saturated rings. The first kappa shape index (κ1) is 26.4. The Hall–Kier alpha value is -3.90. The Morgan fingerprint density at radius 2 is 1.71 bits per heavy atom. The minimum absolute atomic E-state index is 0. The Kier molecular flexibility index (Phi) is 8.38. The number of benzene rings is 2. The number of nitrogens with zero attached hydrogens (tertiary/aromatic N) is 1. The van der Waals surface area contributed by atoms with E-state index in [-0.39, 0.29) is 34.0 Å². The topological polar surface area (TPSA) is 124 Å². The van der Waals surface area contributed by atoms with Crippen molar-refractivity contribution in [2.45, 2.75) is 6.18 Å². The second-order valence-corrected chi connectivity index (χ2v) is 6.88. The first-order valence-electron chi connectivity index (χ1n) is 9.17. The molecule has 0 aliphatic rings. The van der Waals surface area contributed by atoms with E-state index >= 15 is 0 Å². The van der Waals surface area contributed by atoms with Crippen molar-refractivity contribution in [1.29, 1.82) is 0 Å². The smallest absolute Gasteiger partial charge is 0.417 e. The number of ether oxygens (including phenoxy) is 1. The number of hydrogen-bond acceptors (Lipinski definition) is 4. The zero-order valence-corrected chi connectivity index (χ0v) is 18.0. The lowest BCUT2D eigenvalue weighted by Gasteiger charge is -2.12. The van der Waals surface area contributed by atoms with Crippen molar-refractivity contribution in [3.05, 3.63) is 76.8 Å². The molecular formula is C21H17ClF4N4O4. The highest BCUT2D eigenvalue weighted by Gasteiger charge is 2.33. The van der Waals surface area contributed by atoms with E-state index in [0.29, 0.717) is 0 Å². The number of anilines is 2. The molecule has 34 heavy (non-hydrogen) atoms. The Labute approximate surface area is 195 Å². The van der Waals surface area contributed by atoms with E-state index in [2.05, 4.69) is 20.9 Å². The third-order valence-corrected chi connectivity index (χ3v) is 4.46. The summed E-state index contributed by atoms with van der Waals surface area (Å²) in [6, 6.07) is 8.21. The maximum Gasteiger partial charge on any atom is 0.417 e. The van der Waals surface area contributed by atoms with Crippen molar-refractivity contribution in [2.75, 3.05) is 17.7 Å². The maximum absolute atomic E-state index is 14.4. The van der Waals surface area contributed by atoms with E-state index in [1.54, 1.807) is 0 Å². The quantitative estimate of drug-likeness (QED) is 0.432. The zero-order valence-electron chi connectivity index (χ0n) is 17.3. The van der Waals surface area contributed by atoms with Gasteiger partial charge in [0, 0.05) is 31.1 Å². The lowest BCUT2D eigenvalue weighted by Crippen LogP contribution is -2.20. The summed E-state index contributed by atoms with van der Waals surface area (Å²) in [6.07, 6.45) is -3.28. The molecule has 5 N–H and O–H groups in total. The number of rotatable bonds is 5. The molecule has 0 atom stereocenters. The number of hydrogen-bond donors (Lipinski definition) is 3. The summed E-state index contributed by atoms with van der Waals surface area (Å²) in [5.41, 5.74) is -1.17. The molecule has 0 unspecified atom stereocenters. The van der Waals surface area contributed by atoms with Crippen molar-refractivity contribution < 1.29 is 37.4 Å². The zero-order chi connectivity index (χ0) is 24.2. The Morgan fingerprint density at radius 1 is 1.00 bits per heavy atom. The lowest BCUT2D eigenvalue weighted by atomic mass is 10.2. The van der Waals surface area contributed by atoms with Gasteiger partial charge in [0.15, 0.2) is 0 Å². The molecule has 0 saturated carbocycles. The summed E-state index contributed by atoms with van der Waals surface area (Å²) >= 11 is 5.61. The third kappa shape index (κ3) is 6.56. The summed E-state index contributed by atoms with van der Waals surface area (Å²) in [7, 11) is 1.45. The fourth-order valence-corrected chi connectivity index (χ4v) is 2.92. The van der Waals surface area contributed by atoms with Gasteiger partial charge in [-0.25, -0.2) is 9.18 Å². The van der Waals surface area contributed by atoms with Crippen LogP contribution in [-0.4, -0.2) is 29.4 Å². The number of carbonyl (C=O) groups is 2. The molecule has 2 aromatic carbocycles. The van der Waals surface area contributed by atoms with Crippen LogP contribution < -0.4 is 20.7 Å². The molecule has 8 nitrogen and oxygen atoms in total. The van der Waals surface area contributed by atoms with Crippen LogP contribution in [0.3, 0.4) is 0 Å². The van der Waals surface area contributed by atoms with Gasteiger partial charge in [-0.2, -0.15) is 13.2 Å².